The van der Waals surface area contributed by atoms with Crippen LogP contribution < -0.4 is 15.6 Å². The first-order valence-electron chi connectivity index (χ1n) is 4.76. The van der Waals surface area contributed by atoms with Crippen molar-refractivity contribution >= 4 is 10.0 Å². The van der Waals surface area contributed by atoms with Gasteiger partial charge in [0.25, 0.3) is 6.43 Å². The van der Waals surface area contributed by atoms with E-state index in [2.05, 4.69) is 9.72 Å². The largest absolute Gasteiger partial charge is 0.574 e. The first-order chi connectivity index (χ1) is 8.95. The topological polar surface area (TPSA) is 108 Å². The van der Waals surface area contributed by atoms with Gasteiger partial charge in [-0.2, -0.15) is 0 Å². The second-order valence-electron chi connectivity index (χ2n) is 3.42. The van der Waals surface area contributed by atoms with Crippen LogP contribution in [-0.4, -0.2) is 19.8 Å². The van der Waals surface area contributed by atoms with Gasteiger partial charge in [-0.25, -0.2) is 27.3 Å². The number of halogens is 5. The highest BCUT2D eigenvalue weighted by Crippen LogP contribution is 2.32. The lowest BCUT2D eigenvalue weighted by Gasteiger charge is -2.14. The third kappa shape index (κ3) is 3.98. The molecule has 12 heteroatoms. The van der Waals surface area contributed by atoms with Crippen molar-refractivity contribution in [2.45, 2.75) is 24.2 Å². The number of hydrogen-bond acceptors (Lipinski definition) is 5. The first-order valence-corrected chi connectivity index (χ1v) is 6.31. The molecular weight excluding hydrogens is 313 g/mol. The Morgan fingerprint density at radius 2 is 1.90 bits per heavy atom. The van der Waals surface area contributed by atoms with Gasteiger partial charge in [0.1, 0.15) is 4.90 Å². The zero-order valence-corrected chi connectivity index (χ0v) is 10.3. The van der Waals surface area contributed by atoms with Gasteiger partial charge >= 0.3 is 6.36 Å². The lowest BCUT2D eigenvalue weighted by molar-refractivity contribution is -0.276. The summed E-state index contributed by atoms with van der Waals surface area (Å²) in [4.78, 5) is 2.02. The predicted molar refractivity (Wildman–Crippen MR) is 55.1 cm³/mol. The van der Waals surface area contributed by atoms with Crippen molar-refractivity contribution in [2.24, 2.45) is 10.9 Å². The van der Waals surface area contributed by atoms with Gasteiger partial charge in [-0.3, -0.25) is 0 Å². The van der Waals surface area contributed by atoms with Crippen LogP contribution in [0.15, 0.2) is 11.0 Å². The van der Waals surface area contributed by atoms with E-state index < -0.39 is 51.4 Å². The Labute approximate surface area is 109 Å². The van der Waals surface area contributed by atoms with Crippen molar-refractivity contribution in [2.75, 3.05) is 0 Å². The van der Waals surface area contributed by atoms with Crippen molar-refractivity contribution in [3.63, 3.8) is 0 Å². The lowest BCUT2D eigenvalue weighted by atomic mass is 10.2. The quantitative estimate of drug-likeness (QED) is 0.805. The van der Waals surface area contributed by atoms with Crippen molar-refractivity contribution < 1.29 is 35.1 Å². The summed E-state index contributed by atoms with van der Waals surface area (Å²) in [6.45, 7) is -0.722. The molecule has 0 spiro atoms. The number of aromatic nitrogens is 1. The highest BCUT2D eigenvalue weighted by molar-refractivity contribution is 7.89. The Bertz CT molecular complexity index is 602. The third-order valence-corrected chi connectivity index (χ3v) is 3.02. The number of ether oxygens (including phenoxy) is 1. The number of nitrogens with zero attached hydrogens (tertiary/aromatic N) is 1. The Balaban J connectivity index is 3.55. The summed E-state index contributed by atoms with van der Waals surface area (Å²) in [5.74, 6) is -1.25. The highest BCUT2D eigenvalue weighted by atomic mass is 32.2. The molecule has 0 atom stereocenters. The standard InChI is InChI=1S/C8H8F5N3O3S/c9-7(10)3-1-5(19-8(11,12)13)16-4(2-14)6(3)20(15,17)18/h1,7H,2,14H2,(H2,15,17,18). The fourth-order valence-corrected chi connectivity index (χ4v) is 2.31. The molecule has 20 heavy (non-hydrogen) atoms. The molecule has 0 aliphatic carbocycles. The molecule has 1 rings (SSSR count). The summed E-state index contributed by atoms with van der Waals surface area (Å²) in [7, 11) is -4.64. The van der Waals surface area contributed by atoms with Crippen LogP contribution in [0.5, 0.6) is 5.88 Å². The van der Waals surface area contributed by atoms with Gasteiger partial charge < -0.3 is 10.5 Å². The molecule has 0 unspecified atom stereocenters. The Kier molecular flexibility index (Phi) is 4.51. The van der Waals surface area contributed by atoms with Crippen molar-refractivity contribution in [1.82, 2.24) is 4.98 Å². The lowest BCUT2D eigenvalue weighted by Crippen LogP contribution is -2.22. The molecule has 1 aromatic heterocycles. The number of sulfonamides is 1. The summed E-state index contributed by atoms with van der Waals surface area (Å²) in [5, 5.41) is 4.73. The SMILES string of the molecule is NCc1nc(OC(F)(F)F)cc(C(F)F)c1S(N)(=O)=O. The smallest absolute Gasteiger partial charge is 0.388 e. The van der Waals surface area contributed by atoms with Crippen LogP contribution in [-0.2, 0) is 16.6 Å². The molecule has 0 aromatic carbocycles. The van der Waals surface area contributed by atoms with Gasteiger partial charge in [-0.1, -0.05) is 0 Å². The molecule has 1 heterocycles. The predicted octanol–water partition coefficient (Wildman–Crippen LogP) is 1.02. The molecule has 0 fully saturated rings. The van der Waals surface area contributed by atoms with E-state index in [1.807, 2.05) is 0 Å². The average molecular weight is 321 g/mol. The summed E-state index contributed by atoms with van der Waals surface area (Å²) in [6, 6.07) is 0.150. The fraction of sp³-hybridized carbons (Fsp3) is 0.375. The monoisotopic (exact) mass is 321 g/mol. The normalized spacial score (nSPS) is 12.8. The van der Waals surface area contributed by atoms with Crippen molar-refractivity contribution in [3.05, 3.63) is 17.3 Å². The molecule has 4 N–H and O–H groups in total. The number of primary sulfonamides is 1. The molecule has 0 aliphatic rings. The van der Waals surface area contributed by atoms with Gasteiger partial charge in [0.2, 0.25) is 15.9 Å². The van der Waals surface area contributed by atoms with Crippen LogP contribution in [0.1, 0.15) is 17.7 Å². The molecule has 114 valence electrons. The highest BCUT2D eigenvalue weighted by Gasteiger charge is 2.34. The molecular formula is C8H8F5N3O3S. The van der Waals surface area contributed by atoms with E-state index in [0.717, 1.165) is 0 Å². The van der Waals surface area contributed by atoms with E-state index in [1.165, 1.54) is 0 Å². The minimum absolute atomic E-state index is 0.150. The van der Waals surface area contributed by atoms with Crippen LogP contribution in [0.3, 0.4) is 0 Å². The Morgan fingerprint density at radius 1 is 1.35 bits per heavy atom. The first kappa shape index (κ1) is 16.5. The van der Waals surface area contributed by atoms with Crippen LogP contribution in [0.25, 0.3) is 0 Å². The summed E-state index contributed by atoms with van der Waals surface area (Å²) < 4.78 is 87.4. The minimum atomic E-state index is -5.18. The molecule has 0 amide bonds. The average Bonchev–Trinajstić information content (AvgIpc) is 2.23. The number of hydrogen-bond donors (Lipinski definition) is 2. The van der Waals surface area contributed by atoms with Crippen molar-refractivity contribution in [3.8, 4) is 5.88 Å². The van der Waals surface area contributed by atoms with E-state index in [4.69, 9.17) is 10.9 Å². The molecule has 0 bridgehead atoms. The van der Waals surface area contributed by atoms with E-state index in [1.54, 1.807) is 0 Å². The molecule has 0 aliphatic heterocycles. The van der Waals surface area contributed by atoms with Crippen LogP contribution in [0.2, 0.25) is 0 Å². The number of pyridine rings is 1. The van der Waals surface area contributed by atoms with E-state index in [0.29, 0.717) is 0 Å². The Hall–Kier alpha value is -1.53. The zero-order valence-electron chi connectivity index (χ0n) is 9.49. The van der Waals surface area contributed by atoms with Gasteiger partial charge in [0.15, 0.2) is 0 Å². The van der Waals surface area contributed by atoms with Crippen LogP contribution in [0, 0.1) is 0 Å². The summed E-state index contributed by atoms with van der Waals surface area (Å²) >= 11 is 0. The molecule has 0 saturated carbocycles. The maximum atomic E-state index is 12.8. The Morgan fingerprint density at radius 3 is 2.25 bits per heavy atom. The second kappa shape index (κ2) is 5.46. The van der Waals surface area contributed by atoms with Gasteiger partial charge in [0, 0.05) is 18.2 Å². The summed E-state index contributed by atoms with van der Waals surface area (Å²) in [6.07, 6.45) is -8.59. The van der Waals surface area contributed by atoms with Crippen LogP contribution >= 0.6 is 0 Å². The van der Waals surface area contributed by atoms with Gasteiger partial charge in [0.05, 0.1) is 5.69 Å². The number of alkyl halides is 5. The molecule has 0 radical (unpaired) electrons. The fourth-order valence-electron chi connectivity index (χ4n) is 1.38. The molecule has 1 aromatic rings. The maximum absolute atomic E-state index is 12.8. The van der Waals surface area contributed by atoms with Crippen LogP contribution in [0.4, 0.5) is 22.0 Å². The zero-order chi connectivity index (χ0) is 15.7. The van der Waals surface area contributed by atoms with E-state index in [-0.39, 0.29) is 6.07 Å². The maximum Gasteiger partial charge on any atom is 0.574 e. The second-order valence-corrected chi connectivity index (χ2v) is 4.92. The van der Waals surface area contributed by atoms with Gasteiger partial charge in [-0.05, 0) is 0 Å². The number of rotatable bonds is 4. The summed E-state index contributed by atoms with van der Waals surface area (Å²) in [5.41, 5.74) is 3.08. The van der Waals surface area contributed by atoms with E-state index >= 15 is 0 Å². The van der Waals surface area contributed by atoms with E-state index in [9.17, 15) is 30.4 Å². The molecule has 6 nitrogen and oxygen atoms in total. The third-order valence-electron chi connectivity index (χ3n) is 1.98. The van der Waals surface area contributed by atoms with Gasteiger partial charge in [-0.15, -0.1) is 13.2 Å². The van der Waals surface area contributed by atoms with Crippen molar-refractivity contribution in [1.29, 1.82) is 0 Å². The minimum Gasteiger partial charge on any atom is -0.388 e. The number of nitrogens with two attached hydrogens (primary N) is 2. The molecule has 0 saturated heterocycles.